The minimum Gasteiger partial charge on any atom is -0.456 e. The van der Waals surface area contributed by atoms with E-state index in [1.807, 2.05) is 6.07 Å². The zero-order valence-electron chi connectivity index (χ0n) is 18.1. The van der Waals surface area contributed by atoms with Crippen LogP contribution in [0.1, 0.15) is 13.8 Å². The summed E-state index contributed by atoms with van der Waals surface area (Å²) < 4.78 is 6.55. The molecule has 0 radical (unpaired) electrons. The third kappa shape index (κ3) is 6.91. The van der Waals surface area contributed by atoms with E-state index in [0.29, 0.717) is 15.9 Å². The number of carbonyl (C=O) groups is 3. The van der Waals surface area contributed by atoms with Gasteiger partial charge in [-0.1, -0.05) is 12.1 Å². The molecule has 0 aliphatic carbocycles. The van der Waals surface area contributed by atoms with E-state index in [9.17, 15) is 24.4 Å². The first-order chi connectivity index (χ1) is 15.8. The highest BCUT2D eigenvalue weighted by molar-refractivity contribution is 7.07. The van der Waals surface area contributed by atoms with Gasteiger partial charge in [0.25, 0.3) is 17.4 Å². The van der Waals surface area contributed by atoms with Gasteiger partial charge in [-0.25, -0.2) is 0 Å². The van der Waals surface area contributed by atoms with Gasteiger partial charge in [-0.2, -0.15) is 5.26 Å². The first kappa shape index (κ1) is 25.1. The summed E-state index contributed by atoms with van der Waals surface area (Å²) in [5.41, 5.74) is 0.534. The number of nitrogens with zero attached hydrogens (tertiary/aromatic N) is 2. The highest BCUT2D eigenvalue weighted by atomic mass is 32.1. The Morgan fingerprint density at radius 2 is 2.03 bits per heavy atom. The maximum atomic E-state index is 12.8. The molecule has 0 saturated heterocycles. The molecule has 0 atom stereocenters. The SMILES string of the molecule is C=CCNC(=O)/C(C#N)=c1\s/c(=C/Nc2cccc(NC(=O)COC(C)=O)c2)c(=O)n1CC. The number of nitriles is 1. The van der Waals surface area contributed by atoms with Crippen molar-refractivity contribution in [1.82, 2.24) is 9.88 Å². The molecule has 0 saturated carbocycles. The molecule has 0 spiro atoms. The number of hydrogen-bond acceptors (Lipinski definition) is 8. The van der Waals surface area contributed by atoms with Crippen molar-refractivity contribution in [3.8, 4) is 6.07 Å². The number of benzene rings is 1. The lowest BCUT2D eigenvalue weighted by Gasteiger charge is -2.07. The molecule has 2 rings (SSSR count). The van der Waals surface area contributed by atoms with Gasteiger partial charge in [0.15, 0.2) is 12.2 Å². The number of nitrogens with one attached hydrogen (secondary N) is 3. The molecule has 0 aliphatic rings. The quantitative estimate of drug-likeness (QED) is 0.353. The summed E-state index contributed by atoms with van der Waals surface area (Å²) in [6, 6.07) is 8.57. The summed E-state index contributed by atoms with van der Waals surface area (Å²) >= 11 is 1.02. The third-order valence-electron chi connectivity index (χ3n) is 4.11. The van der Waals surface area contributed by atoms with Crippen LogP contribution in [0.4, 0.5) is 11.4 Å². The van der Waals surface area contributed by atoms with Crippen molar-refractivity contribution in [2.24, 2.45) is 0 Å². The van der Waals surface area contributed by atoms with E-state index in [-0.39, 0.29) is 28.9 Å². The lowest BCUT2D eigenvalue weighted by atomic mass is 10.2. The molecule has 1 aromatic heterocycles. The van der Waals surface area contributed by atoms with Crippen LogP contribution in [0.15, 0.2) is 41.7 Å². The third-order valence-corrected chi connectivity index (χ3v) is 5.24. The molecular formula is C22H23N5O5S. The monoisotopic (exact) mass is 469 g/mol. The molecule has 0 unspecified atom stereocenters. The van der Waals surface area contributed by atoms with Crippen molar-refractivity contribution >= 4 is 52.3 Å². The molecular weight excluding hydrogens is 446 g/mol. The Morgan fingerprint density at radius 3 is 2.67 bits per heavy atom. The number of anilines is 2. The Labute approximate surface area is 193 Å². The standard InChI is InChI=1S/C22H23N5O5S/c1-4-9-24-20(30)17(11-23)22-27(5-2)21(31)18(33-22)12-25-15-7-6-8-16(10-15)26-19(29)13-32-14(3)28/h4,6-8,10,12,25H,1,5,9,13H2,2-3H3,(H,24,30)(H,26,29)/b18-12+,22-17-. The maximum absolute atomic E-state index is 12.8. The zero-order valence-corrected chi connectivity index (χ0v) is 19.0. The van der Waals surface area contributed by atoms with Crippen molar-refractivity contribution in [3.63, 3.8) is 0 Å². The average Bonchev–Trinajstić information content (AvgIpc) is 3.10. The largest absolute Gasteiger partial charge is 0.456 e. The van der Waals surface area contributed by atoms with Crippen LogP contribution in [0.5, 0.6) is 0 Å². The maximum Gasteiger partial charge on any atom is 0.303 e. The minimum atomic E-state index is -0.586. The number of aromatic nitrogens is 1. The predicted molar refractivity (Wildman–Crippen MR) is 126 cm³/mol. The Bertz CT molecular complexity index is 1290. The molecule has 1 aromatic carbocycles. The topological polar surface area (TPSA) is 142 Å². The van der Waals surface area contributed by atoms with Gasteiger partial charge in [-0.3, -0.25) is 23.7 Å². The van der Waals surface area contributed by atoms with Gasteiger partial charge in [0.2, 0.25) is 0 Å². The summed E-state index contributed by atoms with van der Waals surface area (Å²) in [7, 11) is 0. The lowest BCUT2D eigenvalue weighted by Crippen LogP contribution is -2.34. The summed E-state index contributed by atoms with van der Waals surface area (Å²) in [4.78, 5) is 47.7. The normalized spacial score (nSPS) is 11.7. The molecule has 2 amide bonds. The number of amides is 2. The molecule has 0 bridgehead atoms. The fourth-order valence-electron chi connectivity index (χ4n) is 2.64. The van der Waals surface area contributed by atoms with Gasteiger partial charge in [0.05, 0.1) is 0 Å². The van der Waals surface area contributed by atoms with E-state index in [1.54, 1.807) is 31.2 Å². The van der Waals surface area contributed by atoms with Crippen LogP contribution in [0.25, 0.3) is 11.8 Å². The average molecular weight is 470 g/mol. The lowest BCUT2D eigenvalue weighted by molar-refractivity contribution is -0.144. The number of hydrogen-bond donors (Lipinski definition) is 3. The summed E-state index contributed by atoms with van der Waals surface area (Å²) in [6.07, 6.45) is 2.96. The first-order valence-electron chi connectivity index (χ1n) is 9.83. The van der Waals surface area contributed by atoms with Gasteiger partial charge < -0.3 is 20.7 Å². The molecule has 10 nitrogen and oxygen atoms in total. The molecule has 2 aromatic rings. The molecule has 33 heavy (non-hydrogen) atoms. The smallest absolute Gasteiger partial charge is 0.303 e. The fourth-order valence-corrected chi connectivity index (χ4v) is 3.73. The Balaban J connectivity index is 2.33. The van der Waals surface area contributed by atoms with Crippen LogP contribution in [-0.4, -0.2) is 35.5 Å². The molecule has 3 N–H and O–H groups in total. The highest BCUT2D eigenvalue weighted by Gasteiger charge is 2.14. The number of ether oxygens (including phenoxy) is 1. The van der Waals surface area contributed by atoms with Crippen molar-refractivity contribution in [2.75, 3.05) is 23.8 Å². The number of esters is 1. The molecule has 172 valence electrons. The van der Waals surface area contributed by atoms with E-state index in [1.165, 1.54) is 23.8 Å². The van der Waals surface area contributed by atoms with Gasteiger partial charge in [0.1, 0.15) is 15.3 Å². The van der Waals surface area contributed by atoms with E-state index in [2.05, 4.69) is 27.3 Å². The van der Waals surface area contributed by atoms with E-state index in [0.717, 1.165) is 11.3 Å². The van der Waals surface area contributed by atoms with Crippen LogP contribution >= 0.6 is 11.3 Å². The Kier molecular flexibility index (Phi) is 9.14. The minimum absolute atomic E-state index is 0.155. The number of rotatable bonds is 9. The van der Waals surface area contributed by atoms with Crippen LogP contribution in [0.3, 0.4) is 0 Å². The summed E-state index contributed by atoms with van der Waals surface area (Å²) in [6.45, 7) is 6.55. The van der Waals surface area contributed by atoms with Crippen molar-refractivity contribution in [2.45, 2.75) is 20.4 Å². The van der Waals surface area contributed by atoms with E-state index >= 15 is 0 Å². The Morgan fingerprint density at radius 1 is 1.30 bits per heavy atom. The zero-order chi connectivity index (χ0) is 24.4. The summed E-state index contributed by atoms with van der Waals surface area (Å²) in [5, 5.41) is 17.6. The molecule has 0 fully saturated rings. The van der Waals surface area contributed by atoms with Crippen molar-refractivity contribution in [1.29, 1.82) is 5.26 Å². The van der Waals surface area contributed by atoms with Crippen LogP contribution in [0, 0.1) is 11.3 Å². The van der Waals surface area contributed by atoms with Gasteiger partial charge >= 0.3 is 5.97 Å². The fraction of sp³-hybridized carbons (Fsp3) is 0.227. The highest BCUT2D eigenvalue weighted by Crippen LogP contribution is 2.15. The summed E-state index contributed by atoms with van der Waals surface area (Å²) in [5.74, 6) is -1.63. The second-order valence-corrected chi connectivity index (χ2v) is 7.53. The van der Waals surface area contributed by atoms with Gasteiger partial charge in [0, 0.05) is 37.6 Å². The Hall–Kier alpha value is -4.17. The van der Waals surface area contributed by atoms with Crippen molar-refractivity contribution in [3.05, 3.63) is 56.5 Å². The van der Waals surface area contributed by atoms with Crippen LogP contribution in [-0.2, 0) is 25.7 Å². The number of thiazole rings is 1. The van der Waals surface area contributed by atoms with Gasteiger partial charge in [-0.05, 0) is 25.1 Å². The molecule has 0 aliphatic heterocycles. The van der Waals surface area contributed by atoms with E-state index in [4.69, 9.17) is 0 Å². The van der Waals surface area contributed by atoms with Crippen molar-refractivity contribution < 1.29 is 19.1 Å². The molecule has 1 heterocycles. The van der Waals surface area contributed by atoms with E-state index < -0.39 is 24.4 Å². The first-order valence-corrected chi connectivity index (χ1v) is 10.7. The second kappa shape index (κ2) is 12.0. The number of carbonyl (C=O) groups excluding carboxylic acids is 3. The van der Waals surface area contributed by atoms with Gasteiger partial charge in [-0.15, -0.1) is 17.9 Å². The second-order valence-electron chi connectivity index (χ2n) is 6.50. The molecule has 11 heteroatoms. The predicted octanol–water partition coefficient (Wildman–Crippen LogP) is 0.258. The van der Waals surface area contributed by atoms with Crippen LogP contribution in [0.2, 0.25) is 0 Å². The van der Waals surface area contributed by atoms with Crippen LogP contribution < -0.4 is 30.7 Å².